The van der Waals surface area contributed by atoms with Crippen molar-refractivity contribution >= 4 is 28.0 Å². The number of aryl methyl sites for hydroxylation is 2. The van der Waals surface area contributed by atoms with Gasteiger partial charge in [-0.1, -0.05) is 32.0 Å². The summed E-state index contributed by atoms with van der Waals surface area (Å²) in [5, 5.41) is 4.52. The van der Waals surface area contributed by atoms with Gasteiger partial charge in [0.15, 0.2) is 11.2 Å². The number of benzene rings is 1. The molecular weight excluding hydrogens is 368 g/mol. The third-order valence-corrected chi connectivity index (χ3v) is 5.26. The molecule has 0 aliphatic heterocycles. The van der Waals surface area contributed by atoms with Crippen molar-refractivity contribution in [2.75, 3.05) is 11.9 Å². The van der Waals surface area contributed by atoms with E-state index in [2.05, 4.69) is 27.4 Å². The summed E-state index contributed by atoms with van der Waals surface area (Å²) in [5.41, 5.74) is 2.54. The highest BCUT2D eigenvalue weighted by molar-refractivity contribution is 5.83. The summed E-state index contributed by atoms with van der Waals surface area (Å²) in [7, 11) is 3.46. The van der Waals surface area contributed by atoms with Crippen LogP contribution in [0.25, 0.3) is 22.1 Å². The third-order valence-electron chi connectivity index (χ3n) is 5.26. The van der Waals surface area contributed by atoms with Crippen LogP contribution in [-0.2, 0) is 27.1 Å². The lowest BCUT2D eigenvalue weighted by Crippen LogP contribution is -2.40. The number of rotatable bonds is 6. The van der Waals surface area contributed by atoms with Crippen molar-refractivity contribution < 1.29 is 0 Å². The van der Waals surface area contributed by atoms with Crippen LogP contribution in [0.15, 0.2) is 40.1 Å². The molecule has 0 bridgehead atoms. The quantitative estimate of drug-likeness (QED) is 0.525. The zero-order valence-electron chi connectivity index (χ0n) is 17.2. The highest BCUT2D eigenvalue weighted by Crippen LogP contribution is 2.19. The number of aromatic nitrogens is 5. The van der Waals surface area contributed by atoms with Gasteiger partial charge >= 0.3 is 5.69 Å². The van der Waals surface area contributed by atoms with Gasteiger partial charge in [-0.2, -0.15) is 4.98 Å². The first kappa shape index (κ1) is 19.0. The number of nitrogens with one attached hydrogen (secondary N) is 2. The molecule has 3 heterocycles. The normalized spacial score (nSPS) is 11.8. The smallest absolute Gasteiger partial charge is 0.332 e. The van der Waals surface area contributed by atoms with Crippen LogP contribution in [0.1, 0.15) is 19.4 Å². The molecule has 152 valence electrons. The van der Waals surface area contributed by atoms with E-state index in [1.54, 1.807) is 18.7 Å². The van der Waals surface area contributed by atoms with Gasteiger partial charge in [-0.3, -0.25) is 13.9 Å². The highest BCUT2D eigenvalue weighted by Gasteiger charge is 2.18. The molecule has 8 nitrogen and oxygen atoms in total. The van der Waals surface area contributed by atoms with Crippen LogP contribution in [0, 0.1) is 5.92 Å². The maximum atomic E-state index is 12.9. The van der Waals surface area contributed by atoms with Crippen LogP contribution < -0.4 is 16.6 Å². The van der Waals surface area contributed by atoms with Crippen LogP contribution in [-0.4, -0.2) is 30.2 Å². The third kappa shape index (κ3) is 3.24. The zero-order valence-corrected chi connectivity index (χ0v) is 17.2. The Kier molecular flexibility index (Phi) is 4.77. The van der Waals surface area contributed by atoms with E-state index in [9.17, 15) is 9.59 Å². The number of hydrogen-bond donors (Lipinski definition) is 2. The summed E-state index contributed by atoms with van der Waals surface area (Å²) in [5.74, 6) is 0.772. The fraction of sp³-hybridized carbons (Fsp3) is 0.381. The van der Waals surface area contributed by atoms with Gasteiger partial charge in [0.05, 0.1) is 0 Å². The van der Waals surface area contributed by atoms with Gasteiger partial charge < -0.3 is 14.9 Å². The Morgan fingerprint density at radius 2 is 1.90 bits per heavy atom. The van der Waals surface area contributed by atoms with Gasteiger partial charge in [-0.15, -0.1) is 0 Å². The number of anilines is 1. The summed E-state index contributed by atoms with van der Waals surface area (Å²) in [6.45, 7) is 5.01. The molecule has 0 aliphatic carbocycles. The summed E-state index contributed by atoms with van der Waals surface area (Å²) in [6.07, 6.45) is 2.83. The van der Waals surface area contributed by atoms with Gasteiger partial charge in [0.1, 0.15) is 0 Å². The van der Waals surface area contributed by atoms with E-state index < -0.39 is 0 Å². The van der Waals surface area contributed by atoms with Crippen molar-refractivity contribution in [1.29, 1.82) is 0 Å². The Morgan fingerprint density at radius 3 is 2.66 bits per heavy atom. The molecule has 0 fully saturated rings. The first-order valence-corrected chi connectivity index (χ1v) is 9.83. The van der Waals surface area contributed by atoms with Crippen molar-refractivity contribution in [3.8, 4) is 0 Å². The first-order chi connectivity index (χ1) is 13.9. The Balaban J connectivity index is 1.64. The highest BCUT2D eigenvalue weighted by atomic mass is 16.2. The summed E-state index contributed by atoms with van der Waals surface area (Å²) >= 11 is 0. The van der Waals surface area contributed by atoms with Crippen molar-refractivity contribution in [1.82, 2.24) is 23.7 Å². The Bertz CT molecular complexity index is 1300. The fourth-order valence-corrected chi connectivity index (χ4v) is 3.78. The number of para-hydroxylation sites is 1. The van der Waals surface area contributed by atoms with Gasteiger partial charge in [0.2, 0.25) is 5.95 Å². The molecule has 0 saturated heterocycles. The van der Waals surface area contributed by atoms with E-state index in [-0.39, 0.29) is 17.2 Å². The summed E-state index contributed by atoms with van der Waals surface area (Å²) in [4.78, 5) is 33.4. The molecule has 3 aromatic heterocycles. The van der Waals surface area contributed by atoms with Gasteiger partial charge in [-0.05, 0) is 24.0 Å². The molecule has 0 unspecified atom stereocenters. The minimum Gasteiger partial charge on any atom is -0.361 e. The standard InChI is InChI=1S/C21H26N6O2/c1-13(2)12-27-19(28)17-18(26(4)21(27)29)24-20(25(17)3)22-10-9-14-11-23-16-8-6-5-7-15(14)16/h5-8,11,13,23H,9-10,12H2,1-4H3,(H,22,24). The van der Waals surface area contributed by atoms with Crippen LogP contribution in [0.4, 0.5) is 5.95 Å². The molecule has 8 heteroatoms. The number of nitrogens with zero attached hydrogens (tertiary/aromatic N) is 4. The Labute approximate surface area is 167 Å². The molecule has 29 heavy (non-hydrogen) atoms. The molecule has 4 rings (SSSR count). The first-order valence-electron chi connectivity index (χ1n) is 9.83. The molecule has 1 aromatic carbocycles. The summed E-state index contributed by atoms with van der Waals surface area (Å²) < 4.78 is 4.48. The molecule has 0 aliphatic rings. The maximum Gasteiger partial charge on any atom is 0.332 e. The fourth-order valence-electron chi connectivity index (χ4n) is 3.78. The van der Waals surface area contributed by atoms with E-state index in [0.29, 0.717) is 30.2 Å². The van der Waals surface area contributed by atoms with E-state index in [1.807, 2.05) is 32.2 Å². The van der Waals surface area contributed by atoms with E-state index in [4.69, 9.17) is 0 Å². The molecule has 0 atom stereocenters. The maximum absolute atomic E-state index is 12.9. The average Bonchev–Trinajstić information content (AvgIpc) is 3.25. The van der Waals surface area contributed by atoms with Crippen molar-refractivity contribution in [2.24, 2.45) is 20.0 Å². The molecule has 2 N–H and O–H groups in total. The number of H-pyrrole nitrogens is 1. The number of imidazole rings is 1. The van der Waals surface area contributed by atoms with E-state index in [0.717, 1.165) is 11.9 Å². The lowest BCUT2D eigenvalue weighted by molar-refractivity contribution is 0.484. The van der Waals surface area contributed by atoms with Crippen molar-refractivity contribution in [3.05, 3.63) is 56.9 Å². The number of fused-ring (bicyclic) bond motifs is 2. The second-order valence-electron chi connectivity index (χ2n) is 7.85. The van der Waals surface area contributed by atoms with Crippen LogP contribution >= 0.6 is 0 Å². The predicted octanol–water partition coefficient (Wildman–Crippen LogP) is 2.23. The minimum atomic E-state index is -0.334. The van der Waals surface area contributed by atoms with Gasteiger partial charge in [0.25, 0.3) is 5.56 Å². The van der Waals surface area contributed by atoms with Crippen LogP contribution in [0.2, 0.25) is 0 Å². The Hall–Kier alpha value is -3.29. The number of hydrogen-bond acceptors (Lipinski definition) is 4. The molecule has 4 aromatic rings. The minimum absolute atomic E-state index is 0.194. The Morgan fingerprint density at radius 1 is 1.14 bits per heavy atom. The molecule has 0 spiro atoms. The number of aromatic amines is 1. The molecular formula is C21H26N6O2. The lowest BCUT2D eigenvalue weighted by Gasteiger charge is -2.10. The van der Waals surface area contributed by atoms with Crippen LogP contribution in [0.5, 0.6) is 0 Å². The molecule has 0 saturated carbocycles. The predicted molar refractivity (Wildman–Crippen MR) is 116 cm³/mol. The monoisotopic (exact) mass is 394 g/mol. The largest absolute Gasteiger partial charge is 0.361 e. The van der Waals surface area contributed by atoms with Gasteiger partial charge in [-0.25, -0.2) is 4.79 Å². The molecule has 0 amide bonds. The van der Waals surface area contributed by atoms with E-state index in [1.165, 1.54) is 20.1 Å². The summed E-state index contributed by atoms with van der Waals surface area (Å²) in [6, 6.07) is 8.20. The van der Waals surface area contributed by atoms with E-state index >= 15 is 0 Å². The van der Waals surface area contributed by atoms with Crippen molar-refractivity contribution in [3.63, 3.8) is 0 Å². The van der Waals surface area contributed by atoms with Gasteiger partial charge in [0, 0.05) is 44.3 Å². The lowest BCUT2D eigenvalue weighted by atomic mass is 10.1. The molecule has 0 radical (unpaired) electrons. The second-order valence-corrected chi connectivity index (χ2v) is 7.85. The zero-order chi connectivity index (χ0) is 20.7. The SMILES string of the molecule is CC(C)Cn1c(=O)c2c(nc(NCCc3c[nH]c4ccccc34)n2C)n(C)c1=O. The average molecular weight is 394 g/mol. The topological polar surface area (TPSA) is 89.6 Å². The van der Waals surface area contributed by atoms with Crippen molar-refractivity contribution in [2.45, 2.75) is 26.8 Å². The van der Waals surface area contributed by atoms with Crippen LogP contribution in [0.3, 0.4) is 0 Å². The second kappa shape index (κ2) is 7.27.